The summed E-state index contributed by atoms with van der Waals surface area (Å²) in [5.41, 5.74) is 0. The van der Waals surface area contributed by atoms with Crippen molar-refractivity contribution in [2.24, 2.45) is 4.99 Å². The molecule has 2 aliphatic rings. The van der Waals surface area contributed by atoms with Crippen LogP contribution >= 0.6 is 35.3 Å². The lowest BCUT2D eigenvalue weighted by Gasteiger charge is -2.38. The predicted octanol–water partition coefficient (Wildman–Crippen LogP) is 1.14. The highest BCUT2D eigenvalue weighted by molar-refractivity contribution is 14.0. The molecule has 2 fully saturated rings. The number of piperazine rings is 1. The first-order valence-electron chi connectivity index (χ1n) is 10.2. The zero-order valence-corrected chi connectivity index (χ0v) is 21.2. The molecule has 168 valence electrons. The Kier molecular flexibility index (Phi) is 9.82. The monoisotopic (exact) mass is 548 g/mol. The van der Waals surface area contributed by atoms with E-state index >= 15 is 0 Å². The fraction of sp³-hybridized carbons (Fsp3) is 0.650. The van der Waals surface area contributed by atoms with Crippen molar-refractivity contribution in [2.45, 2.75) is 25.4 Å². The third kappa shape index (κ3) is 6.55. The van der Waals surface area contributed by atoms with Gasteiger partial charge in [-0.15, -0.1) is 35.3 Å². The standard InChI is InChI=1S/C20H32N6O2S.HI/c1-23(2)18(27)15-22-20(21-14-16-6-5-13-29-16)26-11-9-25(10-12-26)19(28)17-7-4-8-24(17)3;/h5-6,13,17H,4,7-12,14-15H2,1-3H3,(H,21,22);1H. The molecule has 0 aromatic carbocycles. The third-order valence-electron chi connectivity index (χ3n) is 5.56. The molecule has 2 aliphatic heterocycles. The van der Waals surface area contributed by atoms with Crippen molar-refractivity contribution >= 4 is 53.1 Å². The normalized spacial score (nSPS) is 20.1. The van der Waals surface area contributed by atoms with E-state index in [4.69, 9.17) is 0 Å². The second kappa shape index (κ2) is 11.8. The summed E-state index contributed by atoms with van der Waals surface area (Å²) in [6.07, 6.45) is 2.05. The Labute approximate surface area is 200 Å². The van der Waals surface area contributed by atoms with Gasteiger partial charge in [-0.25, -0.2) is 4.99 Å². The van der Waals surface area contributed by atoms with Crippen molar-refractivity contribution in [1.82, 2.24) is 24.9 Å². The summed E-state index contributed by atoms with van der Waals surface area (Å²) < 4.78 is 0. The summed E-state index contributed by atoms with van der Waals surface area (Å²) in [6, 6.07) is 4.14. The number of hydrogen-bond donors (Lipinski definition) is 1. The molecule has 2 amide bonds. The van der Waals surface area contributed by atoms with E-state index < -0.39 is 0 Å². The highest BCUT2D eigenvalue weighted by Crippen LogP contribution is 2.18. The zero-order chi connectivity index (χ0) is 20.8. The maximum absolute atomic E-state index is 12.8. The van der Waals surface area contributed by atoms with Gasteiger partial charge in [0, 0.05) is 45.2 Å². The summed E-state index contributed by atoms with van der Waals surface area (Å²) in [7, 11) is 5.51. The van der Waals surface area contributed by atoms with E-state index in [1.165, 1.54) is 4.88 Å². The van der Waals surface area contributed by atoms with Crippen LogP contribution in [0.2, 0.25) is 0 Å². The molecule has 8 nitrogen and oxygen atoms in total. The Bertz CT molecular complexity index is 719. The minimum absolute atomic E-state index is 0. The number of rotatable bonds is 5. The quantitative estimate of drug-likeness (QED) is 0.340. The van der Waals surface area contributed by atoms with Crippen molar-refractivity contribution < 1.29 is 9.59 Å². The van der Waals surface area contributed by atoms with E-state index in [0.29, 0.717) is 32.7 Å². The molecular formula is C20H33IN6O2S. The molecule has 0 bridgehead atoms. The number of carbonyl (C=O) groups is 2. The minimum Gasteiger partial charge on any atom is -0.351 e. The fourth-order valence-electron chi connectivity index (χ4n) is 3.70. The van der Waals surface area contributed by atoms with E-state index in [9.17, 15) is 9.59 Å². The molecule has 30 heavy (non-hydrogen) atoms. The Morgan fingerprint density at radius 1 is 1.20 bits per heavy atom. The topological polar surface area (TPSA) is 71.5 Å². The highest BCUT2D eigenvalue weighted by Gasteiger charge is 2.33. The summed E-state index contributed by atoms with van der Waals surface area (Å²) >= 11 is 1.69. The molecule has 0 radical (unpaired) electrons. The number of nitrogens with one attached hydrogen (secondary N) is 1. The maximum atomic E-state index is 12.8. The van der Waals surface area contributed by atoms with Crippen molar-refractivity contribution in [3.05, 3.63) is 22.4 Å². The largest absolute Gasteiger partial charge is 0.351 e. The molecule has 3 heterocycles. The van der Waals surface area contributed by atoms with Crippen LogP contribution in [0.1, 0.15) is 17.7 Å². The number of likely N-dealkylation sites (tertiary alicyclic amines) is 1. The molecule has 2 saturated heterocycles. The molecule has 1 N–H and O–H groups in total. The fourth-order valence-corrected chi connectivity index (χ4v) is 4.35. The van der Waals surface area contributed by atoms with E-state index in [1.54, 1.807) is 30.3 Å². The lowest BCUT2D eigenvalue weighted by Crippen LogP contribution is -2.56. The molecule has 3 rings (SSSR count). The second-order valence-electron chi connectivity index (χ2n) is 7.81. The van der Waals surface area contributed by atoms with Crippen LogP contribution in [0.4, 0.5) is 0 Å². The average molecular weight is 548 g/mol. The summed E-state index contributed by atoms with van der Waals surface area (Å²) in [5.74, 6) is 0.953. The number of halogens is 1. The van der Waals surface area contributed by atoms with Gasteiger partial charge in [0.25, 0.3) is 0 Å². The number of carbonyl (C=O) groups excluding carboxylic acids is 2. The van der Waals surface area contributed by atoms with E-state index in [1.807, 2.05) is 23.4 Å². The van der Waals surface area contributed by atoms with Gasteiger partial charge in [-0.3, -0.25) is 14.5 Å². The predicted molar refractivity (Wildman–Crippen MR) is 131 cm³/mol. The van der Waals surface area contributed by atoms with Gasteiger partial charge in [-0.1, -0.05) is 6.07 Å². The van der Waals surface area contributed by atoms with Gasteiger partial charge >= 0.3 is 0 Å². The second-order valence-corrected chi connectivity index (χ2v) is 8.84. The van der Waals surface area contributed by atoms with Crippen molar-refractivity contribution in [3.8, 4) is 0 Å². The Balaban J connectivity index is 0.00000320. The zero-order valence-electron chi connectivity index (χ0n) is 18.0. The Hall–Kier alpha value is -1.40. The van der Waals surface area contributed by atoms with Crippen LogP contribution in [0.25, 0.3) is 0 Å². The number of likely N-dealkylation sites (N-methyl/N-ethyl adjacent to an activating group) is 2. The van der Waals surface area contributed by atoms with Gasteiger partial charge in [-0.05, 0) is 37.9 Å². The minimum atomic E-state index is -0.0292. The van der Waals surface area contributed by atoms with Crippen LogP contribution in [0, 0.1) is 0 Å². The van der Waals surface area contributed by atoms with E-state index in [2.05, 4.69) is 26.2 Å². The van der Waals surface area contributed by atoms with Gasteiger partial charge in [0.15, 0.2) is 5.96 Å². The first kappa shape index (κ1) is 24.9. The van der Waals surface area contributed by atoms with Gasteiger partial charge in [0.05, 0.1) is 12.6 Å². The van der Waals surface area contributed by atoms with Crippen LogP contribution in [0.15, 0.2) is 22.5 Å². The van der Waals surface area contributed by atoms with Gasteiger partial charge < -0.3 is 20.0 Å². The van der Waals surface area contributed by atoms with Crippen molar-refractivity contribution in [3.63, 3.8) is 0 Å². The van der Waals surface area contributed by atoms with Crippen LogP contribution in [0.5, 0.6) is 0 Å². The van der Waals surface area contributed by atoms with Crippen LogP contribution in [0.3, 0.4) is 0 Å². The van der Waals surface area contributed by atoms with E-state index in [-0.39, 0.29) is 48.4 Å². The van der Waals surface area contributed by atoms with E-state index in [0.717, 1.165) is 25.3 Å². The van der Waals surface area contributed by atoms with Crippen molar-refractivity contribution in [2.75, 3.05) is 60.4 Å². The number of hydrogen-bond acceptors (Lipinski definition) is 5. The van der Waals surface area contributed by atoms with Crippen LogP contribution in [-0.4, -0.2) is 104 Å². The van der Waals surface area contributed by atoms with Crippen LogP contribution < -0.4 is 5.32 Å². The molecule has 1 unspecified atom stereocenters. The lowest BCUT2D eigenvalue weighted by molar-refractivity contribution is -0.136. The molecular weight excluding hydrogens is 515 g/mol. The number of guanidine groups is 1. The molecule has 1 aromatic rings. The molecule has 10 heteroatoms. The van der Waals surface area contributed by atoms with Crippen LogP contribution in [-0.2, 0) is 16.1 Å². The number of nitrogens with zero attached hydrogens (tertiary/aromatic N) is 5. The average Bonchev–Trinajstić information content (AvgIpc) is 3.39. The SMILES string of the molecule is CN(C)C(=O)CN=C(NCc1cccs1)N1CCN(C(=O)C2CCCN2C)CC1.I. The smallest absolute Gasteiger partial charge is 0.243 e. The third-order valence-corrected chi connectivity index (χ3v) is 6.44. The van der Waals surface area contributed by atoms with Gasteiger partial charge in [0.1, 0.15) is 6.54 Å². The molecule has 1 atom stereocenters. The van der Waals surface area contributed by atoms with Gasteiger partial charge in [-0.2, -0.15) is 0 Å². The Morgan fingerprint density at radius 2 is 1.90 bits per heavy atom. The first-order valence-corrected chi connectivity index (χ1v) is 11.1. The number of aliphatic imine (C=N–C) groups is 1. The number of thiophene rings is 1. The molecule has 0 spiro atoms. The summed E-state index contributed by atoms with van der Waals surface area (Å²) in [4.78, 5) is 38.4. The summed E-state index contributed by atoms with van der Waals surface area (Å²) in [6.45, 7) is 4.60. The molecule has 1 aromatic heterocycles. The summed E-state index contributed by atoms with van der Waals surface area (Å²) in [5, 5.41) is 5.45. The highest BCUT2D eigenvalue weighted by atomic mass is 127. The number of amides is 2. The first-order chi connectivity index (χ1) is 14.0. The Morgan fingerprint density at radius 3 is 2.47 bits per heavy atom. The molecule has 0 aliphatic carbocycles. The van der Waals surface area contributed by atoms with Crippen molar-refractivity contribution in [1.29, 1.82) is 0 Å². The van der Waals surface area contributed by atoms with Gasteiger partial charge in [0.2, 0.25) is 11.8 Å². The lowest BCUT2D eigenvalue weighted by atomic mass is 10.2. The maximum Gasteiger partial charge on any atom is 0.243 e. The molecule has 0 saturated carbocycles.